The van der Waals surface area contributed by atoms with Gasteiger partial charge in [-0.25, -0.2) is 0 Å². The van der Waals surface area contributed by atoms with Gasteiger partial charge in [-0.15, -0.1) is 12.4 Å². The van der Waals surface area contributed by atoms with Crippen molar-refractivity contribution < 1.29 is 9.59 Å². The van der Waals surface area contributed by atoms with Gasteiger partial charge in [0, 0.05) is 31.6 Å². The summed E-state index contributed by atoms with van der Waals surface area (Å²) in [6.45, 7) is 0.959. The van der Waals surface area contributed by atoms with Gasteiger partial charge in [-0.1, -0.05) is 48.5 Å². The van der Waals surface area contributed by atoms with Crippen LogP contribution in [0.5, 0.6) is 0 Å². The molecule has 2 amide bonds. The minimum atomic E-state index is -0.591. The van der Waals surface area contributed by atoms with Crippen LogP contribution < -0.4 is 15.5 Å². The second kappa shape index (κ2) is 10.8. The molecule has 2 aromatic rings. The minimum Gasteiger partial charge on any atom is -0.344 e. The molecule has 6 heteroatoms. The average Bonchev–Trinajstić information content (AvgIpc) is 3.20. The van der Waals surface area contributed by atoms with E-state index < -0.39 is 6.04 Å². The van der Waals surface area contributed by atoms with E-state index >= 15 is 0 Å². The predicted octanol–water partition coefficient (Wildman–Crippen LogP) is 2.94. The number of nitrogens with one attached hydrogen (secondary N) is 2. The first-order valence-corrected chi connectivity index (χ1v) is 9.53. The zero-order chi connectivity index (χ0) is 19.1. The Labute approximate surface area is 172 Å². The van der Waals surface area contributed by atoms with E-state index in [1.807, 2.05) is 60.7 Å². The van der Waals surface area contributed by atoms with Crippen LogP contribution in [0.15, 0.2) is 60.7 Å². The third-order valence-electron chi connectivity index (χ3n) is 4.98. The molecule has 0 radical (unpaired) electrons. The fourth-order valence-corrected chi connectivity index (χ4v) is 3.47. The van der Waals surface area contributed by atoms with Crippen molar-refractivity contribution in [1.29, 1.82) is 0 Å². The third-order valence-corrected chi connectivity index (χ3v) is 4.98. The van der Waals surface area contributed by atoms with Gasteiger partial charge in [0.05, 0.1) is 0 Å². The van der Waals surface area contributed by atoms with Crippen LogP contribution in [0.1, 0.15) is 24.8 Å². The van der Waals surface area contributed by atoms with E-state index in [0.717, 1.165) is 30.6 Å². The first-order valence-electron chi connectivity index (χ1n) is 9.53. The maximum atomic E-state index is 13.1. The summed E-state index contributed by atoms with van der Waals surface area (Å²) >= 11 is 0. The fourth-order valence-electron chi connectivity index (χ4n) is 3.47. The number of carbonyl (C=O) groups is 2. The first kappa shape index (κ1) is 21.9. The molecule has 1 fully saturated rings. The number of halogens is 1. The Balaban J connectivity index is 0.00000280. The molecule has 1 unspecified atom stereocenters. The Kier molecular flexibility index (Phi) is 8.48. The molecule has 1 aliphatic rings. The summed E-state index contributed by atoms with van der Waals surface area (Å²) in [5.41, 5.74) is 1.84. The molecular weight excluding hydrogens is 374 g/mol. The Bertz CT molecular complexity index is 749. The summed E-state index contributed by atoms with van der Waals surface area (Å²) < 4.78 is 0. The third kappa shape index (κ3) is 6.08. The molecule has 1 saturated heterocycles. The Hall–Kier alpha value is -2.37. The van der Waals surface area contributed by atoms with Gasteiger partial charge >= 0.3 is 0 Å². The number of likely N-dealkylation sites (N-methyl/N-ethyl adjacent to an activating group) is 1. The molecule has 150 valence electrons. The molecule has 0 spiro atoms. The van der Waals surface area contributed by atoms with E-state index in [0.29, 0.717) is 12.8 Å². The van der Waals surface area contributed by atoms with Gasteiger partial charge in [-0.2, -0.15) is 0 Å². The topological polar surface area (TPSA) is 61.4 Å². The molecule has 1 heterocycles. The first-order chi connectivity index (χ1) is 13.1. The summed E-state index contributed by atoms with van der Waals surface area (Å²) in [5.74, 6) is -0.192. The van der Waals surface area contributed by atoms with Crippen LogP contribution in [0.4, 0.5) is 5.69 Å². The Morgan fingerprint density at radius 2 is 1.75 bits per heavy atom. The van der Waals surface area contributed by atoms with E-state index in [-0.39, 0.29) is 30.3 Å². The number of benzene rings is 2. The van der Waals surface area contributed by atoms with Gasteiger partial charge in [0.25, 0.3) is 0 Å². The van der Waals surface area contributed by atoms with Gasteiger partial charge in [0.15, 0.2) is 0 Å². The lowest BCUT2D eigenvalue weighted by Crippen LogP contribution is -2.49. The van der Waals surface area contributed by atoms with E-state index in [1.165, 1.54) is 0 Å². The standard InChI is InChI=1S/C22H27N3O2.ClH/c1-25(19-12-6-3-7-13-19)22(27)20(15-17-9-4-2-5-10-17)24-21(26)16-18-11-8-14-23-18;/h2-7,9-10,12-13,18,20,23H,8,11,14-16H2,1H3,(H,24,26);1H/t18?,20-;/m0./s1. The molecule has 5 nitrogen and oxygen atoms in total. The molecular formula is C22H28ClN3O2. The van der Waals surface area contributed by atoms with E-state index in [9.17, 15) is 9.59 Å². The number of rotatable bonds is 7. The molecule has 2 N–H and O–H groups in total. The predicted molar refractivity (Wildman–Crippen MR) is 115 cm³/mol. The lowest BCUT2D eigenvalue weighted by atomic mass is 10.0. The zero-order valence-electron chi connectivity index (χ0n) is 16.1. The van der Waals surface area contributed by atoms with E-state index in [2.05, 4.69) is 10.6 Å². The fraction of sp³-hybridized carbons (Fsp3) is 0.364. The van der Waals surface area contributed by atoms with Crippen molar-refractivity contribution >= 4 is 29.9 Å². The van der Waals surface area contributed by atoms with Gasteiger partial charge in [0.1, 0.15) is 6.04 Å². The van der Waals surface area contributed by atoms with Gasteiger partial charge in [-0.05, 0) is 37.1 Å². The van der Waals surface area contributed by atoms with Gasteiger partial charge in [0.2, 0.25) is 11.8 Å². The molecule has 3 rings (SSSR count). The normalized spacial score (nSPS) is 16.7. The lowest BCUT2D eigenvalue weighted by Gasteiger charge is -2.25. The Morgan fingerprint density at radius 1 is 1.11 bits per heavy atom. The summed E-state index contributed by atoms with van der Waals surface area (Å²) in [4.78, 5) is 27.3. The molecule has 2 aromatic carbocycles. The second-order valence-corrected chi connectivity index (χ2v) is 7.04. The molecule has 0 saturated carbocycles. The SMILES string of the molecule is CN(C(=O)[C@H](Cc1ccccc1)NC(=O)CC1CCCN1)c1ccccc1.Cl. The van der Waals surface area contributed by atoms with Crippen molar-refractivity contribution in [2.45, 2.75) is 37.8 Å². The van der Waals surface area contributed by atoms with Crippen molar-refractivity contribution in [2.24, 2.45) is 0 Å². The summed E-state index contributed by atoms with van der Waals surface area (Å²) in [5, 5.41) is 6.30. The number of amides is 2. The second-order valence-electron chi connectivity index (χ2n) is 7.04. The summed E-state index contributed by atoms with van der Waals surface area (Å²) in [7, 11) is 1.75. The summed E-state index contributed by atoms with van der Waals surface area (Å²) in [6.07, 6.45) is 2.99. The minimum absolute atomic E-state index is 0. The molecule has 0 bridgehead atoms. The van der Waals surface area contributed by atoms with Crippen molar-refractivity contribution in [3.05, 3.63) is 66.2 Å². The molecule has 2 atom stereocenters. The maximum Gasteiger partial charge on any atom is 0.249 e. The van der Waals surface area contributed by atoms with Crippen molar-refractivity contribution in [2.75, 3.05) is 18.5 Å². The number of hydrogen-bond donors (Lipinski definition) is 2. The molecule has 0 aliphatic carbocycles. The van der Waals surface area contributed by atoms with Crippen LogP contribution in [0.2, 0.25) is 0 Å². The highest BCUT2D eigenvalue weighted by Gasteiger charge is 2.26. The number of hydrogen-bond acceptors (Lipinski definition) is 3. The van der Waals surface area contributed by atoms with Crippen LogP contribution >= 0.6 is 12.4 Å². The number of carbonyl (C=O) groups excluding carboxylic acids is 2. The lowest BCUT2D eigenvalue weighted by molar-refractivity contribution is -0.127. The smallest absolute Gasteiger partial charge is 0.249 e. The highest BCUT2D eigenvalue weighted by atomic mass is 35.5. The molecule has 1 aliphatic heterocycles. The van der Waals surface area contributed by atoms with Crippen molar-refractivity contribution in [3.8, 4) is 0 Å². The van der Waals surface area contributed by atoms with Crippen LogP contribution in [0.3, 0.4) is 0 Å². The van der Waals surface area contributed by atoms with Crippen LogP contribution in [0, 0.1) is 0 Å². The largest absolute Gasteiger partial charge is 0.344 e. The van der Waals surface area contributed by atoms with E-state index in [1.54, 1.807) is 11.9 Å². The van der Waals surface area contributed by atoms with Crippen molar-refractivity contribution in [1.82, 2.24) is 10.6 Å². The average molecular weight is 402 g/mol. The highest BCUT2D eigenvalue weighted by Crippen LogP contribution is 2.15. The van der Waals surface area contributed by atoms with Crippen LogP contribution in [0.25, 0.3) is 0 Å². The molecule has 0 aromatic heterocycles. The number of anilines is 1. The molecule has 28 heavy (non-hydrogen) atoms. The summed E-state index contributed by atoms with van der Waals surface area (Å²) in [6, 6.07) is 18.9. The quantitative estimate of drug-likeness (QED) is 0.749. The van der Waals surface area contributed by atoms with Gasteiger partial charge in [-0.3, -0.25) is 9.59 Å². The monoisotopic (exact) mass is 401 g/mol. The van der Waals surface area contributed by atoms with Crippen molar-refractivity contribution in [3.63, 3.8) is 0 Å². The van der Waals surface area contributed by atoms with Crippen LogP contribution in [-0.4, -0.2) is 37.5 Å². The highest BCUT2D eigenvalue weighted by molar-refractivity contribution is 5.99. The zero-order valence-corrected chi connectivity index (χ0v) is 17.0. The maximum absolute atomic E-state index is 13.1. The Morgan fingerprint density at radius 3 is 2.36 bits per heavy atom. The number of nitrogens with zero attached hydrogens (tertiary/aromatic N) is 1. The number of para-hydroxylation sites is 1. The van der Waals surface area contributed by atoms with E-state index in [4.69, 9.17) is 0 Å². The van der Waals surface area contributed by atoms with Gasteiger partial charge < -0.3 is 15.5 Å². The van der Waals surface area contributed by atoms with Crippen LogP contribution in [-0.2, 0) is 16.0 Å².